The Morgan fingerprint density at radius 3 is 2.33 bits per heavy atom. The number of hydrogen-bond acceptors (Lipinski definition) is 7. The van der Waals surface area contributed by atoms with Crippen LogP contribution in [0.3, 0.4) is 0 Å². The summed E-state index contributed by atoms with van der Waals surface area (Å²) < 4.78 is 10.4. The second-order valence-corrected chi connectivity index (χ2v) is 5.44. The van der Waals surface area contributed by atoms with Crippen molar-refractivity contribution in [1.82, 2.24) is 5.32 Å². The van der Waals surface area contributed by atoms with Gasteiger partial charge in [0.1, 0.15) is 24.4 Å². The van der Waals surface area contributed by atoms with E-state index in [0.29, 0.717) is 5.56 Å². The van der Waals surface area contributed by atoms with E-state index in [1.165, 1.54) is 14.0 Å². The Labute approximate surface area is 139 Å². The van der Waals surface area contributed by atoms with E-state index in [2.05, 4.69) is 5.32 Å². The standard InChI is InChI=1S/C16H21NO7/c1-8(18)17-10-11(19)12(20)15(24-16(10)22)13(21)14(23-2)9-6-4-3-5-7-9/h3-7,10-12,15-16,19-22H,1-2H3,(H,17,18)/t10-,11-,12-,15+,16?/m1/s1. The molecule has 1 fully saturated rings. The molecule has 1 amide bonds. The van der Waals surface area contributed by atoms with Crippen LogP contribution in [0, 0.1) is 0 Å². The Hall–Kier alpha value is -2.13. The van der Waals surface area contributed by atoms with Crippen LogP contribution in [-0.2, 0) is 14.3 Å². The van der Waals surface area contributed by atoms with Gasteiger partial charge < -0.3 is 35.2 Å². The van der Waals surface area contributed by atoms with Crippen molar-refractivity contribution in [3.8, 4) is 0 Å². The van der Waals surface area contributed by atoms with E-state index < -0.39 is 42.3 Å². The zero-order valence-electron chi connectivity index (χ0n) is 13.3. The first-order chi connectivity index (χ1) is 11.4. The zero-order chi connectivity index (χ0) is 17.9. The Morgan fingerprint density at radius 2 is 1.79 bits per heavy atom. The van der Waals surface area contributed by atoms with Crippen LogP contribution in [-0.4, -0.2) is 64.1 Å². The SMILES string of the molecule is COC(=C(O)[C@H]1OC(O)[C@H](NC(C)=O)[C@@H](O)[C@H]1O)c1ccccc1. The lowest BCUT2D eigenvalue weighted by Gasteiger charge is -2.40. The van der Waals surface area contributed by atoms with E-state index in [1.807, 2.05) is 0 Å². The van der Waals surface area contributed by atoms with Crippen LogP contribution in [0.15, 0.2) is 36.1 Å². The highest BCUT2D eigenvalue weighted by atomic mass is 16.6. The molecule has 0 radical (unpaired) electrons. The lowest BCUT2D eigenvalue weighted by Crippen LogP contribution is -2.63. The van der Waals surface area contributed by atoms with Crippen molar-refractivity contribution in [2.24, 2.45) is 0 Å². The minimum atomic E-state index is -1.62. The van der Waals surface area contributed by atoms with Gasteiger partial charge in [-0.3, -0.25) is 4.79 Å². The average Bonchev–Trinajstić information content (AvgIpc) is 2.56. The third kappa shape index (κ3) is 3.68. The molecule has 0 spiro atoms. The molecule has 132 valence electrons. The van der Waals surface area contributed by atoms with E-state index in [4.69, 9.17) is 9.47 Å². The maximum Gasteiger partial charge on any atom is 0.217 e. The average molecular weight is 339 g/mol. The Morgan fingerprint density at radius 1 is 1.17 bits per heavy atom. The maximum atomic E-state index is 11.1. The first-order valence-corrected chi connectivity index (χ1v) is 7.36. The molecule has 0 aromatic heterocycles. The number of nitrogens with one attached hydrogen (secondary N) is 1. The number of carbonyl (C=O) groups is 1. The van der Waals surface area contributed by atoms with Crippen molar-refractivity contribution < 1.29 is 34.7 Å². The summed E-state index contributed by atoms with van der Waals surface area (Å²) in [6.45, 7) is 1.20. The molecule has 8 heteroatoms. The van der Waals surface area contributed by atoms with Gasteiger partial charge in [0, 0.05) is 12.5 Å². The number of carbonyl (C=O) groups excluding carboxylic acids is 1. The number of ether oxygens (including phenoxy) is 2. The molecular weight excluding hydrogens is 318 g/mol. The Bertz CT molecular complexity index is 604. The summed E-state index contributed by atoms with van der Waals surface area (Å²) in [5, 5.41) is 43.0. The number of aliphatic hydroxyl groups excluding tert-OH is 4. The Kier molecular flexibility index (Phi) is 5.79. The van der Waals surface area contributed by atoms with Crippen molar-refractivity contribution in [2.75, 3.05) is 7.11 Å². The lowest BCUT2D eigenvalue weighted by molar-refractivity contribution is -0.243. The summed E-state index contributed by atoms with van der Waals surface area (Å²) in [6, 6.07) is 7.39. The van der Waals surface area contributed by atoms with Crippen LogP contribution >= 0.6 is 0 Å². The third-order valence-corrected chi connectivity index (χ3v) is 3.73. The highest BCUT2D eigenvalue weighted by Crippen LogP contribution is 2.29. The van der Waals surface area contributed by atoms with Gasteiger partial charge in [0.25, 0.3) is 0 Å². The molecule has 24 heavy (non-hydrogen) atoms. The zero-order valence-corrected chi connectivity index (χ0v) is 13.3. The second kappa shape index (κ2) is 7.63. The summed E-state index contributed by atoms with van der Waals surface area (Å²) in [6.07, 6.45) is -6.17. The molecule has 1 aliphatic rings. The second-order valence-electron chi connectivity index (χ2n) is 5.44. The van der Waals surface area contributed by atoms with Gasteiger partial charge in [-0.2, -0.15) is 0 Å². The van der Waals surface area contributed by atoms with Crippen molar-refractivity contribution >= 4 is 11.7 Å². The summed E-state index contributed by atoms with van der Waals surface area (Å²) in [7, 11) is 1.33. The first kappa shape index (κ1) is 18.2. The predicted octanol–water partition coefficient (Wildman–Crippen LogP) is -0.497. The molecule has 1 heterocycles. The minimum Gasteiger partial charge on any atom is -0.506 e. The number of benzene rings is 1. The van der Waals surface area contributed by atoms with Gasteiger partial charge in [-0.05, 0) is 0 Å². The maximum absolute atomic E-state index is 11.1. The van der Waals surface area contributed by atoms with Gasteiger partial charge in [-0.15, -0.1) is 0 Å². The predicted molar refractivity (Wildman–Crippen MR) is 83.5 cm³/mol. The van der Waals surface area contributed by atoms with Gasteiger partial charge in [-0.1, -0.05) is 30.3 Å². The fraction of sp³-hybridized carbons (Fsp3) is 0.438. The fourth-order valence-corrected chi connectivity index (χ4v) is 2.58. The molecule has 1 aromatic carbocycles. The van der Waals surface area contributed by atoms with E-state index in [-0.39, 0.29) is 5.76 Å². The van der Waals surface area contributed by atoms with Crippen LogP contribution in [0.5, 0.6) is 0 Å². The summed E-state index contributed by atoms with van der Waals surface area (Å²) in [4.78, 5) is 11.1. The molecule has 8 nitrogen and oxygen atoms in total. The normalized spacial score (nSPS) is 31.1. The van der Waals surface area contributed by atoms with Crippen LogP contribution in [0.4, 0.5) is 0 Å². The van der Waals surface area contributed by atoms with Crippen LogP contribution in [0.2, 0.25) is 0 Å². The monoisotopic (exact) mass is 339 g/mol. The summed E-state index contributed by atoms with van der Waals surface area (Å²) >= 11 is 0. The van der Waals surface area contributed by atoms with Crippen molar-refractivity contribution in [3.63, 3.8) is 0 Å². The number of methoxy groups -OCH3 is 1. The molecule has 1 unspecified atom stereocenters. The van der Waals surface area contributed by atoms with Gasteiger partial charge >= 0.3 is 0 Å². The fourth-order valence-electron chi connectivity index (χ4n) is 2.58. The lowest BCUT2D eigenvalue weighted by atomic mass is 9.94. The van der Waals surface area contributed by atoms with Gasteiger partial charge in [-0.25, -0.2) is 0 Å². The number of rotatable bonds is 4. The Balaban J connectivity index is 2.31. The van der Waals surface area contributed by atoms with Crippen LogP contribution in [0.1, 0.15) is 12.5 Å². The van der Waals surface area contributed by atoms with Gasteiger partial charge in [0.15, 0.2) is 17.8 Å². The van der Waals surface area contributed by atoms with Gasteiger partial charge in [0.2, 0.25) is 5.91 Å². The summed E-state index contributed by atoms with van der Waals surface area (Å²) in [5.74, 6) is -0.943. The highest BCUT2D eigenvalue weighted by Gasteiger charge is 2.46. The topological polar surface area (TPSA) is 128 Å². The molecule has 1 saturated heterocycles. The molecule has 0 saturated carbocycles. The molecular formula is C16H21NO7. The first-order valence-electron chi connectivity index (χ1n) is 7.36. The van der Waals surface area contributed by atoms with E-state index >= 15 is 0 Å². The van der Waals surface area contributed by atoms with Crippen molar-refractivity contribution in [1.29, 1.82) is 0 Å². The minimum absolute atomic E-state index is 0.0389. The highest BCUT2D eigenvalue weighted by molar-refractivity contribution is 5.73. The largest absolute Gasteiger partial charge is 0.506 e. The molecule has 0 bridgehead atoms. The molecule has 0 aliphatic carbocycles. The third-order valence-electron chi connectivity index (χ3n) is 3.73. The quantitative estimate of drug-likeness (QED) is 0.468. The molecule has 1 aliphatic heterocycles. The summed E-state index contributed by atoms with van der Waals surface area (Å²) in [5.41, 5.74) is 0.529. The van der Waals surface area contributed by atoms with Crippen molar-refractivity contribution in [2.45, 2.75) is 37.6 Å². The van der Waals surface area contributed by atoms with E-state index in [0.717, 1.165) is 0 Å². The van der Waals surface area contributed by atoms with Crippen molar-refractivity contribution in [3.05, 3.63) is 41.7 Å². The van der Waals surface area contributed by atoms with Crippen LogP contribution in [0.25, 0.3) is 5.76 Å². The molecule has 5 atom stereocenters. The molecule has 1 aromatic rings. The number of hydrogen-bond donors (Lipinski definition) is 5. The van der Waals surface area contributed by atoms with Crippen LogP contribution < -0.4 is 5.32 Å². The molecule has 2 rings (SSSR count). The van der Waals surface area contributed by atoms with E-state index in [9.17, 15) is 25.2 Å². The number of aliphatic hydroxyl groups is 4. The molecule has 5 N–H and O–H groups in total. The van der Waals surface area contributed by atoms with E-state index in [1.54, 1.807) is 30.3 Å². The number of amides is 1. The van der Waals surface area contributed by atoms with Gasteiger partial charge in [0.05, 0.1) is 7.11 Å². The smallest absolute Gasteiger partial charge is 0.217 e.